The summed E-state index contributed by atoms with van der Waals surface area (Å²) in [7, 11) is -5.06. The van der Waals surface area contributed by atoms with Gasteiger partial charge in [-0.15, -0.1) is 3.89 Å². The standard InChI is InChI=1S/C8H8FNO4S/c1-5-3-7(10(11)12)8(4-6(5)2)15(9,13)14/h3-4H,1-2H3. The number of benzene rings is 1. The summed E-state index contributed by atoms with van der Waals surface area (Å²) >= 11 is 0. The van der Waals surface area contributed by atoms with Crippen LogP contribution in [0.3, 0.4) is 0 Å². The van der Waals surface area contributed by atoms with Crippen molar-refractivity contribution >= 4 is 15.9 Å². The van der Waals surface area contributed by atoms with E-state index in [2.05, 4.69) is 0 Å². The molecular weight excluding hydrogens is 225 g/mol. The molecular formula is C8H8FNO4S. The SMILES string of the molecule is Cc1cc([N+](=O)[O-])c(S(=O)(=O)F)cc1C. The molecule has 0 unspecified atom stereocenters. The lowest BCUT2D eigenvalue weighted by Crippen LogP contribution is -2.01. The summed E-state index contributed by atoms with van der Waals surface area (Å²) in [6.07, 6.45) is 0. The highest BCUT2D eigenvalue weighted by Crippen LogP contribution is 2.28. The Kier molecular flexibility index (Phi) is 2.76. The van der Waals surface area contributed by atoms with Crippen LogP contribution in [0.5, 0.6) is 0 Å². The fourth-order valence-corrected chi connectivity index (χ4v) is 1.81. The zero-order chi connectivity index (χ0) is 11.8. The molecule has 0 aliphatic carbocycles. The van der Waals surface area contributed by atoms with Crippen molar-refractivity contribution in [1.82, 2.24) is 0 Å². The molecule has 1 rings (SSSR count). The van der Waals surface area contributed by atoms with Gasteiger partial charge in [0, 0.05) is 6.07 Å². The first kappa shape index (κ1) is 11.6. The number of nitro groups is 1. The molecule has 0 heterocycles. The van der Waals surface area contributed by atoms with Gasteiger partial charge in [0.05, 0.1) is 4.92 Å². The summed E-state index contributed by atoms with van der Waals surface area (Å²) in [6, 6.07) is 2.00. The maximum Gasteiger partial charge on any atom is 0.338 e. The molecule has 1 aromatic rings. The van der Waals surface area contributed by atoms with Gasteiger partial charge in [0.1, 0.15) is 0 Å². The summed E-state index contributed by atoms with van der Waals surface area (Å²) in [6.45, 7) is 3.13. The van der Waals surface area contributed by atoms with Gasteiger partial charge in [-0.3, -0.25) is 10.1 Å². The van der Waals surface area contributed by atoms with E-state index in [4.69, 9.17) is 0 Å². The van der Waals surface area contributed by atoms with Gasteiger partial charge in [-0.25, -0.2) is 0 Å². The first-order chi connectivity index (χ1) is 6.73. The molecule has 0 aliphatic rings. The van der Waals surface area contributed by atoms with Crippen LogP contribution >= 0.6 is 0 Å². The number of nitro benzene ring substituents is 1. The number of nitrogens with zero attached hydrogens (tertiary/aromatic N) is 1. The van der Waals surface area contributed by atoms with E-state index < -0.39 is 25.7 Å². The van der Waals surface area contributed by atoms with Gasteiger partial charge in [0.25, 0.3) is 5.69 Å². The van der Waals surface area contributed by atoms with Crippen molar-refractivity contribution in [2.45, 2.75) is 18.7 Å². The molecule has 0 saturated heterocycles. The Hall–Kier alpha value is -1.50. The molecule has 82 valence electrons. The molecule has 0 spiro atoms. The Balaban J connectivity index is 3.64. The van der Waals surface area contributed by atoms with Crippen molar-refractivity contribution in [1.29, 1.82) is 0 Å². The van der Waals surface area contributed by atoms with Crippen molar-refractivity contribution in [3.05, 3.63) is 33.4 Å². The zero-order valence-electron chi connectivity index (χ0n) is 8.02. The van der Waals surface area contributed by atoms with Gasteiger partial charge in [-0.2, -0.15) is 8.42 Å². The van der Waals surface area contributed by atoms with E-state index in [9.17, 15) is 22.4 Å². The lowest BCUT2D eigenvalue weighted by atomic mass is 10.1. The normalized spacial score (nSPS) is 11.4. The molecule has 0 bridgehead atoms. The highest BCUT2D eigenvalue weighted by molar-refractivity contribution is 7.86. The molecule has 0 atom stereocenters. The fourth-order valence-electron chi connectivity index (χ4n) is 1.11. The van der Waals surface area contributed by atoms with Gasteiger partial charge >= 0.3 is 10.2 Å². The van der Waals surface area contributed by atoms with E-state index >= 15 is 0 Å². The molecule has 0 amide bonds. The Bertz CT molecular complexity index is 524. The number of aryl methyl sites for hydroxylation is 2. The second-order valence-corrected chi connectivity index (χ2v) is 4.41. The van der Waals surface area contributed by atoms with Crippen LogP contribution in [0.15, 0.2) is 17.0 Å². The monoisotopic (exact) mass is 233 g/mol. The molecule has 15 heavy (non-hydrogen) atoms. The van der Waals surface area contributed by atoms with Crippen LogP contribution in [0.2, 0.25) is 0 Å². The second-order valence-electron chi connectivity index (χ2n) is 3.10. The van der Waals surface area contributed by atoms with Crippen molar-refractivity contribution in [2.24, 2.45) is 0 Å². The summed E-state index contributed by atoms with van der Waals surface area (Å²) < 4.78 is 34.0. The van der Waals surface area contributed by atoms with Crippen LogP contribution in [0.1, 0.15) is 11.1 Å². The number of hydrogen-bond donors (Lipinski definition) is 0. The lowest BCUT2D eigenvalue weighted by molar-refractivity contribution is -0.387. The number of hydrogen-bond acceptors (Lipinski definition) is 4. The van der Waals surface area contributed by atoms with E-state index in [1.807, 2.05) is 0 Å². The fraction of sp³-hybridized carbons (Fsp3) is 0.250. The maximum atomic E-state index is 12.7. The third-order valence-electron chi connectivity index (χ3n) is 2.03. The van der Waals surface area contributed by atoms with Crippen molar-refractivity contribution < 1.29 is 17.2 Å². The number of rotatable bonds is 2. The zero-order valence-corrected chi connectivity index (χ0v) is 8.84. The van der Waals surface area contributed by atoms with E-state index in [-0.39, 0.29) is 0 Å². The molecule has 0 saturated carbocycles. The molecule has 0 N–H and O–H groups in total. The highest BCUT2D eigenvalue weighted by atomic mass is 32.3. The Morgan fingerprint density at radius 1 is 1.27 bits per heavy atom. The van der Waals surface area contributed by atoms with Crippen LogP contribution in [-0.4, -0.2) is 13.3 Å². The Labute approximate surface area is 85.9 Å². The third-order valence-corrected chi connectivity index (χ3v) is 2.89. The summed E-state index contributed by atoms with van der Waals surface area (Å²) in [5.41, 5.74) is 0.284. The maximum absolute atomic E-state index is 12.7. The van der Waals surface area contributed by atoms with Crippen LogP contribution in [0.4, 0.5) is 9.57 Å². The molecule has 7 heteroatoms. The van der Waals surface area contributed by atoms with Crippen LogP contribution in [0, 0.1) is 24.0 Å². The first-order valence-corrected chi connectivity index (χ1v) is 5.32. The quantitative estimate of drug-likeness (QED) is 0.444. The van der Waals surface area contributed by atoms with Gasteiger partial charge in [-0.05, 0) is 31.0 Å². The minimum Gasteiger partial charge on any atom is -0.258 e. The highest BCUT2D eigenvalue weighted by Gasteiger charge is 2.26. The topological polar surface area (TPSA) is 77.3 Å². The summed E-state index contributed by atoms with van der Waals surface area (Å²) in [4.78, 5) is 8.70. The van der Waals surface area contributed by atoms with Crippen LogP contribution < -0.4 is 0 Å². The minimum absolute atomic E-state index is 0.483. The molecule has 0 radical (unpaired) electrons. The molecule has 5 nitrogen and oxygen atoms in total. The number of halogens is 1. The van der Waals surface area contributed by atoms with Crippen molar-refractivity contribution in [2.75, 3.05) is 0 Å². The summed E-state index contributed by atoms with van der Waals surface area (Å²) in [5.74, 6) is 0. The lowest BCUT2D eigenvalue weighted by Gasteiger charge is -2.03. The van der Waals surface area contributed by atoms with Gasteiger partial charge in [0.2, 0.25) is 0 Å². The molecule has 0 aliphatic heterocycles. The van der Waals surface area contributed by atoms with E-state index in [1.165, 1.54) is 0 Å². The average Bonchev–Trinajstić information content (AvgIpc) is 2.06. The van der Waals surface area contributed by atoms with Crippen LogP contribution in [0.25, 0.3) is 0 Å². The van der Waals surface area contributed by atoms with E-state index in [1.54, 1.807) is 13.8 Å². The van der Waals surface area contributed by atoms with E-state index in [0.717, 1.165) is 12.1 Å². The largest absolute Gasteiger partial charge is 0.338 e. The third kappa shape index (κ3) is 2.30. The van der Waals surface area contributed by atoms with Gasteiger partial charge in [-0.1, -0.05) is 0 Å². The van der Waals surface area contributed by atoms with Crippen molar-refractivity contribution in [3.63, 3.8) is 0 Å². The van der Waals surface area contributed by atoms with E-state index in [0.29, 0.717) is 11.1 Å². The minimum atomic E-state index is -5.06. The predicted octanol–water partition coefficient (Wildman–Crippen LogP) is 1.87. The van der Waals surface area contributed by atoms with Crippen molar-refractivity contribution in [3.8, 4) is 0 Å². The molecule has 0 aromatic heterocycles. The first-order valence-electron chi connectivity index (χ1n) is 3.94. The Morgan fingerprint density at radius 2 is 1.73 bits per heavy atom. The molecule has 0 fully saturated rings. The average molecular weight is 233 g/mol. The summed E-state index contributed by atoms with van der Waals surface area (Å²) in [5, 5.41) is 10.5. The van der Waals surface area contributed by atoms with Gasteiger partial charge in [0.15, 0.2) is 4.90 Å². The van der Waals surface area contributed by atoms with Crippen LogP contribution in [-0.2, 0) is 10.2 Å². The predicted molar refractivity (Wildman–Crippen MR) is 50.9 cm³/mol. The van der Waals surface area contributed by atoms with Gasteiger partial charge < -0.3 is 0 Å². The Morgan fingerprint density at radius 3 is 2.13 bits per heavy atom. The smallest absolute Gasteiger partial charge is 0.258 e. The second kappa shape index (κ2) is 3.58. The molecule has 1 aromatic carbocycles.